The molecule has 5 heteroatoms. The molecule has 1 aliphatic heterocycles. The molecule has 2 N–H and O–H groups in total. The van der Waals surface area contributed by atoms with Crippen LogP contribution in [-0.4, -0.2) is 23.7 Å². The molecule has 0 aliphatic carbocycles. The molecule has 1 amide bonds. The fraction of sp³-hybridized carbons (Fsp3) is 0.636. The highest BCUT2D eigenvalue weighted by molar-refractivity contribution is 5.94. The molecule has 5 nitrogen and oxygen atoms in total. The van der Waals surface area contributed by atoms with Gasteiger partial charge in [-0.2, -0.15) is 0 Å². The minimum absolute atomic E-state index is 0.0287. The van der Waals surface area contributed by atoms with Crippen molar-refractivity contribution < 1.29 is 9.32 Å². The molecule has 1 aromatic heterocycles. The lowest BCUT2D eigenvalue weighted by Gasteiger charge is -2.21. The molecule has 88 valence electrons. The second-order valence-corrected chi connectivity index (χ2v) is 4.21. The molecular weight excluding hydrogens is 206 g/mol. The summed E-state index contributed by atoms with van der Waals surface area (Å²) in [5.74, 6) is 0.439. The lowest BCUT2D eigenvalue weighted by molar-refractivity contribution is -0.118. The summed E-state index contributed by atoms with van der Waals surface area (Å²) in [5.41, 5.74) is 1.70. The molecule has 1 aliphatic rings. The quantitative estimate of drug-likeness (QED) is 0.794. The van der Waals surface area contributed by atoms with E-state index in [-0.39, 0.29) is 11.9 Å². The summed E-state index contributed by atoms with van der Waals surface area (Å²) < 4.78 is 5.05. The highest BCUT2D eigenvalue weighted by Gasteiger charge is 2.22. The van der Waals surface area contributed by atoms with Crippen LogP contribution in [0, 0.1) is 13.8 Å². The fourth-order valence-corrected chi connectivity index (χ4v) is 1.81. The zero-order valence-corrected chi connectivity index (χ0v) is 9.67. The number of aryl methyl sites for hydroxylation is 1. The van der Waals surface area contributed by atoms with Gasteiger partial charge in [-0.05, 0) is 33.2 Å². The molecule has 0 radical (unpaired) electrons. The van der Waals surface area contributed by atoms with E-state index in [9.17, 15) is 4.79 Å². The number of anilines is 1. The Morgan fingerprint density at radius 2 is 2.31 bits per heavy atom. The maximum atomic E-state index is 11.9. The van der Waals surface area contributed by atoms with Crippen molar-refractivity contribution in [1.82, 2.24) is 10.5 Å². The minimum atomic E-state index is -0.0986. The van der Waals surface area contributed by atoms with Crippen molar-refractivity contribution in [3.8, 4) is 0 Å². The summed E-state index contributed by atoms with van der Waals surface area (Å²) in [6, 6.07) is -0.0986. The summed E-state index contributed by atoms with van der Waals surface area (Å²) in [4.78, 5) is 11.9. The number of hydrogen-bond donors (Lipinski definition) is 2. The Morgan fingerprint density at radius 1 is 1.50 bits per heavy atom. The van der Waals surface area contributed by atoms with Crippen LogP contribution in [-0.2, 0) is 4.79 Å². The van der Waals surface area contributed by atoms with Crippen molar-refractivity contribution in [3.05, 3.63) is 11.3 Å². The van der Waals surface area contributed by atoms with Crippen LogP contribution in [0.5, 0.6) is 0 Å². The van der Waals surface area contributed by atoms with Gasteiger partial charge in [0.1, 0.15) is 0 Å². The van der Waals surface area contributed by atoms with Gasteiger partial charge in [0, 0.05) is 5.56 Å². The van der Waals surface area contributed by atoms with Crippen LogP contribution in [0.4, 0.5) is 5.88 Å². The summed E-state index contributed by atoms with van der Waals surface area (Å²) in [6.45, 7) is 4.65. The minimum Gasteiger partial charge on any atom is -0.338 e. The van der Waals surface area contributed by atoms with E-state index in [0.717, 1.165) is 37.1 Å². The van der Waals surface area contributed by atoms with E-state index >= 15 is 0 Å². The van der Waals surface area contributed by atoms with E-state index in [1.54, 1.807) is 0 Å². The van der Waals surface area contributed by atoms with Crippen molar-refractivity contribution in [1.29, 1.82) is 0 Å². The normalized spacial score (nSPS) is 20.8. The van der Waals surface area contributed by atoms with E-state index in [2.05, 4.69) is 15.8 Å². The van der Waals surface area contributed by atoms with Gasteiger partial charge >= 0.3 is 0 Å². The number of carbonyl (C=O) groups excluding carboxylic acids is 1. The summed E-state index contributed by atoms with van der Waals surface area (Å²) in [6.07, 6.45) is 3.13. The lowest BCUT2D eigenvalue weighted by atomic mass is 10.0. The Labute approximate surface area is 94.6 Å². The van der Waals surface area contributed by atoms with Gasteiger partial charge in [-0.1, -0.05) is 11.6 Å². The van der Waals surface area contributed by atoms with Crippen LogP contribution in [0.1, 0.15) is 30.5 Å². The Morgan fingerprint density at radius 3 is 2.88 bits per heavy atom. The van der Waals surface area contributed by atoms with Gasteiger partial charge in [0.15, 0.2) is 0 Å². The van der Waals surface area contributed by atoms with Crippen LogP contribution >= 0.6 is 0 Å². The fourth-order valence-electron chi connectivity index (χ4n) is 1.81. The van der Waals surface area contributed by atoms with Gasteiger partial charge in [0.05, 0.1) is 11.7 Å². The zero-order chi connectivity index (χ0) is 11.5. The van der Waals surface area contributed by atoms with Gasteiger partial charge in [-0.25, -0.2) is 0 Å². The summed E-state index contributed by atoms with van der Waals surface area (Å²) in [7, 11) is 0. The van der Waals surface area contributed by atoms with Crippen molar-refractivity contribution in [2.45, 2.75) is 39.2 Å². The lowest BCUT2D eigenvalue weighted by Crippen LogP contribution is -2.43. The predicted octanol–water partition coefficient (Wildman–Crippen LogP) is 1.37. The molecule has 1 saturated heterocycles. The predicted molar refractivity (Wildman–Crippen MR) is 60.2 cm³/mol. The topological polar surface area (TPSA) is 67.2 Å². The smallest absolute Gasteiger partial charge is 0.243 e. The van der Waals surface area contributed by atoms with Gasteiger partial charge < -0.3 is 9.84 Å². The Balaban J connectivity index is 1.98. The van der Waals surface area contributed by atoms with Crippen molar-refractivity contribution in [2.24, 2.45) is 0 Å². The van der Waals surface area contributed by atoms with Crippen molar-refractivity contribution >= 4 is 11.8 Å². The second-order valence-electron chi connectivity index (χ2n) is 4.21. The third kappa shape index (κ3) is 2.24. The van der Waals surface area contributed by atoms with Gasteiger partial charge in [-0.3, -0.25) is 10.1 Å². The SMILES string of the molecule is Cc1noc(NC(=O)[C@@H]2CCCCN2)c1C. The number of piperidine rings is 1. The molecule has 2 rings (SSSR count). The molecule has 0 aromatic carbocycles. The largest absolute Gasteiger partial charge is 0.338 e. The molecule has 2 heterocycles. The molecule has 1 atom stereocenters. The number of nitrogens with one attached hydrogen (secondary N) is 2. The molecule has 1 aromatic rings. The molecule has 1 fully saturated rings. The van der Waals surface area contributed by atoms with E-state index in [1.165, 1.54) is 0 Å². The monoisotopic (exact) mass is 223 g/mol. The van der Waals surface area contributed by atoms with Crippen LogP contribution in [0.2, 0.25) is 0 Å². The van der Waals surface area contributed by atoms with Gasteiger partial charge in [0.2, 0.25) is 11.8 Å². The maximum absolute atomic E-state index is 11.9. The first-order valence-electron chi connectivity index (χ1n) is 5.65. The van der Waals surface area contributed by atoms with Crippen LogP contribution in [0.3, 0.4) is 0 Å². The third-order valence-electron chi connectivity index (χ3n) is 3.02. The number of rotatable bonds is 2. The Bertz CT molecular complexity index is 381. The first-order chi connectivity index (χ1) is 7.68. The van der Waals surface area contributed by atoms with Crippen LogP contribution < -0.4 is 10.6 Å². The first-order valence-corrected chi connectivity index (χ1v) is 5.65. The highest BCUT2D eigenvalue weighted by Crippen LogP contribution is 2.18. The van der Waals surface area contributed by atoms with E-state index in [4.69, 9.17) is 4.52 Å². The second kappa shape index (κ2) is 4.65. The molecular formula is C11H17N3O2. The van der Waals surface area contributed by atoms with E-state index < -0.39 is 0 Å². The number of carbonyl (C=O) groups is 1. The van der Waals surface area contributed by atoms with E-state index in [1.807, 2.05) is 13.8 Å². The first kappa shape index (κ1) is 11.1. The van der Waals surface area contributed by atoms with Crippen molar-refractivity contribution in [3.63, 3.8) is 0 Å². The Hall–Kier alpha value is -1.36. The average Bonchev–Trinajstić information content (AvgIpc) is 2.62. The molecule has 0 saturated carbocycles. The molecule has 0 bridgehead atoms. The highest BCUT2D eigenvalue weighted by atomic mass is 16.5. The number of nitrogens with zero attached hydrogens (tertiary/aromatic N) is 1. The third-order valence-corrected chi connectivity index (χ3v) is 3.02. The number of hydrogen-bond acceptors (Lipinski definition) is 4. The van der Waals surface area contributed by atoms with E-state index in [0.29, 0.717) is 5.88 Å². The van der Waals surface area contributed by atoms with Crippen LogP contribution in [0.25, 0.3) is 0 Å². The summed E-state index contributed by atoms with van der Waals surface area (Å²) in [5, 5.41) is 9.77. The number of amides is 1. The van der Waals surface area contributed by atoms with Gasteiger partial charge in [-0.15, -0.1) is 0 Å². The summed E-state index contributed by atoms with van der Waals surface area (Å²) >= 11 is 0. The average molecular weight is 223 g/mol. The number of aromatic nitrogens is 1. The van der Waals surface area contributed by atoms with Crippen molar-refractivity contribution in [2.75, 3.05) is 11.9 Å². The standard InChI is InChI=1S/C11H17N3O2/c1-7-8(2)14-16-11(7)13-10(15)9-5-3-4-6-12-9/h9,12H,3-6H2,1-2H3,(H,13,15)/t9-/m0/s1. The zero-order valence-electron chi connectivity index (χ0n) is 9.67. The molecule has 0 spiro atoms. The Kier molecular flexibility index (Phi) is 3.24. The van der Waals surface area contributed by atoms with Crippen LogP contribution in [0.15, 0.2) is 4.52 Å². The van der Waals surface area contributed by atoms with Gasteiger partial charge in [0.25, 0.3) is 0 Å². The maximum Gasteiger partial charge on any atom is 0.243 e. The molecule has 0 unspecified atom stereocenters. The molecule has 16 heavy (non-hydrogen) atoms.